The minimum absolute atomic E-state index is 0.187. The largest absolute Gasteiger partial charge is 0.339 e. The van der Waals surface area contributed by atoms with Gasteiger partial charge in [0.2, 0.25) is 0 Å². The molecule has 0 spiro atoms. The van der Waals surface area contributed by atoms with Crippen LogP contribution in [-0.2, 0) is 7.05 Å². The first-order valence-electron chi connectivity index (χ1n) is 6.69. The van der Waals surface area contributed by atoms with Crippen molar-refractivity contribution < 1.29 is 9.18 Å². The second-order valence-corrected chi connectivity index (χ2v) is 4.98. The summed E-state index contributed by atoms with van der Waals surface area (Å²) in [7, 11) is 1.84. The molecular weight excluding hydrogens is 267 g/mol. The van der Waals surface area contributed by atoms with Crippen molar-refractivity contribution in [3.63, 3.8) is 0 Å². The summed E-state index contributed by atoms with van der Waals surface area (Å²) in [6, 6.07) is 14.0. The third kappa shape index (κ3) is 2.18. The number of carbonyl (C=O) groups excluding carboxylic acids is 1. The van der Waals surface area contributed by atoms with Crippen LogP contribution in [0.5, 0.6) is 0 Å². The Bertz CT molecular complexity index is 797. The highest BCUT2D eigenvalue weighted by Crippen LogP contribution is 2.25. The Kier molecular flexibility index (Phi) is 3.22. The van der Waals surface area contributed by atoms with Crippen molar-refractivity contribution in [2.24, 2.45) is 7.05 Å². The first-order valence-corrected chi connectivity index (χ1v) is 6.69. The Morgan fingerprint density at radius 2 is 1.76 bits per heavy atom. The zero-order chi connectivity index (χ0) is 15.0. The van der Waals surface area contributed by atoms with E-state index in [2.05, 4.69) is 5.32 Å². The Balaban J connectivity index is 2.05. The average Bonchev–Trinajstić information content (AvgIpc) is 2.74. The van der Waals surface area contributed by atoms with E-state index in [1.807, 2.05) is 42.8 Å². The van der Waals surface area contributed by atoms with Crippen LogP contribution in [0.2, 0.25) is 0 Å². The number of halogens is 1. The molecule has 0 atom stereocenters. The summed E-state index contributed by atoms with van der Waals surface area (Å²) in [5, 5.41) is 3.66. The van der Waals surface area contributed by atoms with Crippen molar-refractivity contribution in [3.05, 3.63) is 65.6 Å². The van der Waals surface area contributed by atoms with Crippen LogP contribution in [0.4, 0.5) is 10.1 Å². The number of anilines is 1. The summed E-state index contributed by atoms with van der Waals surface area (Å²) >= 11 is 0. The molecule has 0 saturated carbocycles. The van der Waals surface area contributed by atoms with Gasteiger partial charge in [-0.05, 0) is 30.7 Å². The molecule has 1 N–H and O–H groups in total. The van der Waals surface area contributed by atoms with Gasteiger partial charge in [-0.1, -0.05) is 30.3 Å². The number of aryl methyl sites for hydroxylation is 2. The Labute approximate surface area is 122 Å². The standard InChI is InChI=1S/C17H15FN2O/c1-11-12-7-3-6-10-15(12)20(2)16(11)17(21)19-14-9-5-4-8-13(14)18/h3-10H,1-2H3,(H,19,21). The van der Waals surface area contributed by atoms with Crippen LogP contribution >= 0.6 is 0 Å². The van der Waals surface area contributed by atoms with Crippen molar-refractivity contribution in [2.45, 2.75) is 6.92 Å². The summed E-state index contributed by atoms with van der Waals surface area (Å²) in [6.45, 7) is 1.90. The van der Waals surface area contributed by atoms with Crippen LogP contribution in [0, 0.1) is 12.7 Å². The molecule has 0 unspecified atom stereocenters. The lowest BCUT2D eigenvalue weighted by Gasteiger charge is -2.08. The summed E-state index contributed by atoms with van der Waals surface area (Å²) in [6.07, 6.45) is 0. The van der Waals surface area contributed by atoms with Crippen molar-refractivity contribution in [1.82, 2.24) is 4.57 Å². The molecule has 3 rings (SSSR count). The Morgan fingerprint density at radius 3 is 2.48 bits per heavy atom. The maximum Gasteiger partial charge on any atom is 0.272 e. The molecule has 21 heavy (non-hydrogen) atoms. The van der Waals surface area contributed by atoms with Crippen LogP contribution in [0.15, 0.2) is 48.5 Å². The topological polar surface area (TPSA) is 34.0 Å². The molecule has 3 aromatic rings. The third-order valence-corrected chi connectivity index (χ3v) is 3.70. The fourth-order valence-electron chi connectivity index (χ4n) is 2.65. The molecule has 0 aliphatic heterocycles. The average molecular weight is 282 g/mol. The van der Waals surface area contributed by atoms with Gasteiger partial charge in [0.25, 0.3) is 5.91 Å². The second kappa shape index (κ2) is 5.05. The summed E-state index contributed by atoms with van der Waals surface area (Å²) in [5.41, 5.74) is 2.60. The smallest absolute Gasteiger partial charge is 0.272 e. The number of hydrogen-bond donors (Lipinski definition) is 1. The normalized spacial score (nSPS) is 10.8. The minimum Gasteiger partial charge on any atom is -0.339 e. The van der Waals surface area contributed by atoms with E-state index in [0.29, 0.717) is 5.69 Å². The number of nitrogens with one attached hydrogen (secondary N) is 1. The monoisotopic (exact) mass is 282 g/mol. The first kappa shape index (κ1) is 13.4. The molecule has 0 radical (unpaired) electrons. The number of fused-ring (bicyclic) bond motifs is 1. The predicted octanol–water partition coefficient (Wildman–Crippen LogP) is 3.88. The lowest BCUT2D eigenvalue weighted by atomic mass is 10.1. The van der Waals surface area contributed by atoms with E-state index in [1.165, 1.54) is 6.07 Å². The Hall–Kier alpha value is -2.62. The van der Waals surface area contributed by atoms with E-state index in [1.54, 1.807) is 18.2 Å². The molecule has 0 bridgehead atoms. The van der Waals surface area contributed by atoms with Gasteiger partial charge >= 0.3 is 0 Å². The molecular formula is C17H15FN2O. The summed E-state index contributed by atoms with van der Waals surface area (Å²) < 4.78 is 15.5. The number of amides is 1. The van der Waals surface area contributed by atoms with Gasteiger partial charge in [-0.15, -0.1) is 0 Å². The third-order valence-electron chi connectivity index (χ3n) is 3.70. The maximum atomic E-state index is 13.6. The molecule has 0 aliphatic rings. The number of rotatable bonds is 2. The first-order chi connectivity index (χ1) is 10.1. The number of hydrogen-bond acceptors (Lipinski definition) is 1. The van der Waals surface area contributed by atoms with Crippen molar-refractivity contribution in [2.75, 3.05) is 5.32 Å². The second-order valence-electron chi connectivity index (χ2n) is 4.98. The van der Waals surface area contributed by atoms with Gasteiger partial charge in [0.1, 0.15) is 11.5 Å². The number of carbonyl (C=O) groups is 1. The minimum atomic E-state index is -0.442. The quantitative estimate of drug-likeness (QED) is 0.760. The predicted molar refractivity (Wildman–Crippen MR) is 82.0 cm³/mol. The number of aromatic nitrogens is 1. The van der Waals surface area contributed by atoms with E-state index in [9.17, 15) is 9.18 Å². The molecule has 3 nitrogen and oxygen atoms in total. The van der Waals surface area contributed by atoms with Gasteiger partial charge in [0.05, 0.1) is 5.69 Å². The van der Waals surface area contributed by atoms with Crippen LogP contribution in [0.1, 0.15) is 16.1 Å². The number of nitrogens with zero attached hydrogens (tertiary/aromatic N) is 1. The van der Waals surface area contributed by atoms with E-state index < -0.39 is 5.82 Å². The lowest BCUT2D eigenvalue weighted by molar-refractivity contribution is 0.101. The highest BCUT2D eigenvalue weighted by Gasteiger charge is 2.18. The van der Waals surface area contributed by atoms with Crippen LogP contribution in [-0.4, -0.2) is 10.5 Å². The van der Waals surface area contributed by atoms with E-state index in [4.69, 9.17) is 0 Å². The SMILES string of the molecule is Cc1c(C(=O)Nc2ccccc2F)n(C)c2ccccc12. The van der Waals surface area contributed by atoms with Crippen LogP contribution in [0.3, 0.4) is 0 Å². The fraction of sp³-hybridized carbons (Fsp3) is 0.118. The van der Waals surface area contributed by atoms with Crippen molar-refractivity contribution in [1.29, 1.82) is 0 Å². The Morgan fingerprint density at radius 1 is 1.10 bits per heavy atom. The zero-order valence-electron chi connectivity index (χ0n) is 11.9. The molecule has 1 heterocycles. The van der Waals surface area contributed by atoms with E-state index in [-0.39, 0.29) is 11.6 Å². The summed E-state index contributed by atoms with van der Waals surface area (Å²) in [4.78, 5) is 12.5. The lowest BCUT2D eigenvalue weighted by Crippen LogP contribution is -2.17. The van der Waals surface area contributed by atoms with Gasteiger partial charge < -0.3 is 9.88 Å². The number of para-hydroxylation sites is 2. The van der Waals surface area contributed by atoms with Crippen molar-refractivity contribution >= 4 is 22.5 Å². The molecule has 4 heteroatoms. The molecule has 106 valence electrons. The molecule has 1 aromatic heterocycles. The highest BCUT2D eigenvalue weighted by molar-refractivity contribution is 6.08. The molecule has 2 aromatic carbocycles. The molecule has 0 aliphatic carbocycles. The maximum absolute atomic E-state index is 13.6. The van der Waals surface area contributed by atoms with Crippen LogP contribution < -0.4 is 5.32 Å². The van der Waals surface area contributed by atoms with Gasteiger partial charge in [0.15, 0.2) is 0 Å². The van der Waals surface area contributed by atoms with Gasteiger partial charge in [-0.3, -0.25) is 4.79 Å². The molecule has 0 saturated heterocycles. The van der Waals surface area contributed by atoms with Crippen molar-refractivity contribution in [3.8, 4) is 0 Å². The van der Waals surface area contributed by atoms with E-state index >= 15 is 0 Å². The van der Waals surface area contributed by atoms with Gasteiger partial charge in [0, 0.05) is 18.0 Å². The zero-order valence-corrected chi connectivity index (χ0v) is 11.9. The van der Waals surface area contributed by atoms with Gasteiger partial charge in [-0.2, -0.15) is 0 Å². The fourth-order valence-corrected chi connectivity index (χ4v) is 2.65. The van der Waals surface area contributed by atoms with E-state index in [0.717, 1.165) is 16.5 Å². The highest BCUT2D eigenvalue weighted by atomic mass is 19.1. The summed E-state index contributed by atoms with van der Waals surface area (Å²) in [5.74, 6) is -0.751. The molecule has 1 amide bonds. The molecule has 0 fully saturated rings. The number of benzene rings is 2. The van der Waals surface area contributed by atoms with Crippen LogP contribution in [0.25, 0.3) is 10.9 Å². The van der Waals surface area contributed by atoms with Gasteiger partial charge in [-0.25, -0.2) is 4.39 Å².